The molecule has 2 saturated heterocycles. The molecule has 1 aromatic rings. The first-order valence-corrected chi connectivity index (χ1v) is 10.5. The number of rotatable bonds is 5. The lowest BCUT2D eigenvalue weighted by Crippen LogP contribution is -2.56. The molecule has 3 N–H and O–H groups in total. The summed E-state index contributed by atoms with van der Waals surface area (Å²) in [6.07, 6.45) is 11.5. The molecule has 2 unspecified atom stereocenters. The van der Waals surface area contributed by atoms with E-state index in [1.165, 1.54) is 43.4 Å². The second-order valence-corrected chi connectivity index (χ2v) is 8.41. The second-order valence-electron chi connectivity index (χ2n) is 8.41. The number of nitrogens with zero attached hydrogens (tertiary/aromatic N) is 3. The number of carbonyl (C=O) groups is 1. The summed E-state index contributed by atoms with van der Waals surface area (Å²) in [7, 11) is 0. The molecule has 3 fully saturated rings. The molecule has 3 aliphatic rings. The molecule has 2 aliphatic heterocycles. The minimum Gasteiger partial charge on any atom is -0.338 e. The van der Waals surface area contributed by atoms with Crippen LogP contribution >= 0.6 is 0 Å². The van der Waals surface area contributed by atoms with Crippen LogP contribution in [0.4, 0.5) is 0 Å². The van der Waals surface area contributed by atoms with Gasteiger partial charge in [0.1, 0.15) is 0 Å². The van der Waals surface area contributed by atoms with E-state index in [1.54, 1.807) is 0 Å². The highest BCUT2D eigenvalue weighted by Gasteiger charge is 2.39. The first kappa shape index (κ1) is 18.0. The van der Waals surface area contributed by atoms with Crippen LogP contribution in [0.25, 0.3) is 0 Å². The maximum atomic E-state index is 12.2. The Morgan fingerprint density at radius 1 is 1.19 bits per heavy atom. The van der Waals surface area contributed by atoms with Gasteiger partial charge in [0.05, 0.1) is 6.20 Å². The highest BCUT2D eigenvalue weighted by molar-refractivity contribution is 5.77. The van der Waals surface area contributed by atoms with Crippen LogP contribution in [0.2, 0.25) is 0 Å². The predicted molar refractivity (Wildman–Crippen MR) is 102 cm³/mol. The molecule has 144 valence electrons. The van der Waals surface area contributed by atoms with E-state index in [0.717, 1.165) is 32.5 Å². The van der Waals surface area contributed by atoms with Crippen molar-refractivity contribution in [2.24, 2.45) is 11.7 Å². The maximum absolute atomic E-state index is 12.2. The van der Waals surface area contributed by atoms with Crippen LogP contribution < -0.4 is 5.73 Å². The smallest absolute Gasteiger partial charge is 0.222 e. The Labute approximate surface area is 156 Å². The van der Waals surface area contributed by atoms with Gasteiger partial charge in [-0.05, 0) is 31.6 Å². The van der Waals surface area contributed by atoms with E-state index < -0.39 is 0 Å². The van der Waals surface area contributed by atoms with Crippen LogP contribution in [0.15, 0.2) is 6.20 Å². The number of piperidine rings is 2. The van der Waals surface area contributed by atoms with Gasteiger partial charge in [-0.25, -0.2) is 0 Å². The van der Waals surface area contributed by atoms with E-state index in [4.69, 9.17) is 5.73 Å². The number of nitrogens with one attached hydrogen (secondary N) is 1. The Bertz CT molecular complexity index is 609. The molecule has 1 saturated carbocycles. The lowest BCUT2D eigenvalue weighted by molar-refractivity contribution is -0.141. The third-order valence-corrected chi connectivity index (χ3v) is 6.76. The number of hydrogen-bond donors (Lipinski definition) is 2. The van der Waals surface area contributed by atoms with Crippen LogP contribution in [0.1, 0.15) is 68.5 Å². The standard InChI is InChI=1S/C20H33N5O/c21-9-11-25-18-8-10-24(13-16(18)6-7-19(25)26)14-17-12-22-23-20(17)15-4-2-1-3-5-15/h12,15-16,18H,1-11,13-14,21H2,(H,22,23). The minimum absolute atomic E-state index is 0.305. The highest BCUT2D eigenvalue weighted by Crippen LogP contribution is 2.35. The molecule has 1 aliphatic carbocycles. The lowest BCUT2D eigenvalue weighted by Gasteiger charge is -2.47. The zero-order chi connectivity index (χ0) is 17.9. The Balaban J connectivity index is 1.39. The van der Waals surface area contributed by atoms with Gasteiger partial charge in [0.15, 0.2) is 0 Å². The molecule has 4 rings (SSSR count). The summed E-state index contributed by atoms with van der Waals surface area (Å²) in [5.74, 6) is 1.57. The Morgan fingerprint density at radius 2 is 2.04 bits per heavy atom. The van der Waals surface area contributed by atoms with Gasteiger partial charge in [0.25, 0.3) is 0 Å². The van der Waals surface area contributed by atoms with Crippen molar-refractivity contribution in [1.29, 1.82) is 0 Å². The zero-order valence-corrected chi connectivity index (χ0v) is 15.8. The van der Waals surface area contributed by atoms with Gasteiger partial charge in [0, 0.05) is 62.4 Å². The summed E-state index contributed by atoms with van der Waals surface area (Å²) in [5, 5.41) is 7.68. The molecule has 0 aromatic carbocycles. The van der Waals surface area contributed by atoms with Crippen LogP contribution in [0.5, 0.6) is 0 Å². The van der Waals surface area contributed by atoms with Crippen molar-refractivity contribution in [3.05, 3.63) is 17.5 Å². The number of fused-ring (bicyclic) bond motifs is 1. The summed E-state index contributed by atoms with van der Waals surface area (Å²) in [5.41, 5.74) is 8.51. The molecule has 2 atom stereocenters. The summed E-state index contributed by atoms with van der Waals surface area (Å²) in [4.78, 5) is 16.9. The van der Waals surface area contributed by atoms with Crippen LogP contribution in [0, 0.1) is 5.92 Å². The average molecular weight is 360 g/mol. The Hall–Kier alpha value is -1.40. The molecular formula is C20H33N5O. The first-order chi connectivity index (χ1) is 12.8. The van der Waals surface area contributed by atoms with E-state index in [-0.39, 0.29) is 0 Å². The average Bonchev–Trinajstić information content (AvgIpc) is 3.13. The fraction of sp³-hybridized carbons (Fsp3) is 0.800. The van der Waals surface area contributed by atoms with Gasteiger partial charge in [-0.1, -0.05) is 19.3 Å². The Morgan fingerprint density at radius 3 is 2.85 bits per heavy atom. The topological polar surface area (TPSA) is 78.2 Å². The number of carbonyl (C=O) groups excluding carboxylic acids is 1. The third kappa shape index (κ3) is 3.67. The van der Waals surface area contributed by atoms with Gasteiger partial charge in [-0.3, -0.25) is 14.8 Å². The number of aromatic amines is 1. The monoisotopic (exact) mass is 359 g/mol. The predicted octanol–water partition coefficient (Wildman–Crippen LogP) is 2.23. The summed E-state index contributed by atoms with van der Waals surface area (Å²) in [6.45, 7) is 4.43. The van der Waals surface area contributed by atoms with Gasteiger partial charge >= 0.3 is 0 Å². The number of nitrogens with two attached hydrogens (primary N) is 1. The number of likely N-dealkylation sites (tertiary alicyclic amines) is 2. The van der Waals surface area contributed by atoms with Crippen molar-refractivity contribution in [2.75, 3.05) is 26.2 Å². The summed E-state index contributed by atoms with van der Waals surface area (Å²) in [6, 6.07) is 0.401. The van der Waals surface area contributed by atoms with Crippen molar-refractivity contribution in [3.63, 3.8) is 0 Å². The first-order valence-electron chi connectivity index (χ1n) is 10.5. The maximum Gasteiger partial charge on any atom is 0.222 e. The number of amides is 1. The fourth-order valence-electron chi connectivity index (χ4n) is 5.43. The van der Waals surface area contributed by atoms with Gasteiger partial charge < -0.3 is 10.6 Å². The molecule has 0 radical (unpaired) electrons. The molecule has 3 heterocycles. The normalized spacial score (nSPS) is 28.3. The van der Waals surface area contributed by atoms with E-state index >= 15 is 0 Å². The molecule has 6 heteroatoms. The second kappa shape index (κ2) is 8.09. The SMILES string of the molecule is NCCN1C(=O)CCC2CN(Cc3cn[nH]c3C3CCCCC3)CCC21. The molecule has 0 spiro atoms. The van der Waals surface area contributed by atoms with Gasteiger partial charge in [0.2, 0.25) is 5.91 Å². The molecule has 26 heavy (non-hydrogen) atoms. The molecule has 1 aromatic heterocycles. The highest BCUT2D eigenvalue weighted by atomic mass is 16.2. The summed E-state index contributed by atoms with van der Waals surface area (Å²) < 4.78 is 0. The molecule has 6 nitrogen and oxygen atoms in total. The number of H-pyrrole nitrogens is 1. The van der Waals surface area contributed by atoms with Gasteiger partial charge in [-0.2, -0.15) is 5.10 Å². The number of aromatic nitrogens is 2. The largest absolute Gasteiger partial charge is 0.338 e. The molecular weight excluding hydrogens is 326 g/mol. The van der Waals surface area contributed by atoms with Crippen molar-refractivity contribution in [2.45, 2.75) is 69.9 Å². The van der Waals surface area contributed by atoms with Crippen molar-refractivity contribution < 1.29 is 4.79 Å². The molecule has 1 amide bonds. The van der Waals surface area contributed by atoms with Crippen LogP contribution in [-0.4, -0.2) is 58.1 Å². The molecule has 0 bridgehead atoms. The minimum atomic E-state index is 0.305. The van der Waals surface area contributed by atoms with E-state index in [0.29, 0.717) is 43.3 Å². The van der Waals surface area contributed by atoms with Crippen LogP contribution in [0.3, 0.4) is 0 Å². The van der Waals surface area contributed by atoms with E-state index in [1.807, 2.05) is 6.20 Å². The summed E-state index contributed by atoms with van der Waals surface area (Å²) >= 11 is 0. The Kier molecular flexibility index (Phi) is 5.60. The lowest BCUT2D eigenvalue weighted by atomic mass is 9.83. The van der Waals surface area contributed by atoms with Gasteiger partial charge in [-0.15, -0.1) is 0 Å². The third-order valence-electron chi connectivity index (χ3n) is 6.76. The van der Waals surface area contributed by atoms with E-state index in [9.17, 15) is 4.79 Å². The van der Waals surface area contributed by atoms with Crippen molar-refractivity contribution >= 4 is 5.91 Å². The van der Waals surface area contributed by atoms with E-state index in [2.05, 4.69) is 20.0 Å². The van der Waals surface area contributed by atoms with Crippen LogP contribution in [-0.2, 0) is 11.3 Å². The zero-order valence-electron chi connectivity index (χ0n) is 15.8. The van der Waals surface area contributed by atoms with Crippen molar-refractivity contribution in [1.82, 2.24) is 20.0 Å². The quantitative estimate of drug-likeness (QED) is 0.845. The fourth-order valence-corrected chi connectivity index (χ4v) is 5.43. The number of hydrogen-bond acceptors (Lipinski definition) is 4. The van der Waals surface area contributed by atoms with Crippen molar-refractivity contribution in [3.8, 4) is 0 Å².